The van der Waals surface area contributed by atoms with Gasteiger partial charge in [-0.15, -0.1) is 10.2 Å². The second-order valence-electron chi connectivity index (χ2n) is 6.09. The molecule has 6 nitrogen and oxygen atoms in total. The van der Waals surface area contributed by atoms with Crippen LogP contribution in [-0.4, -0.2) is 26.4 Å². The summed E-state index contributed by atoms with van der Waals surface area (Å²) in [5.41, 5.74) is 10.3. The van der Waals surface area contributed by atoms with Gasteiger partial charge in [-0.25, -0.2) is 0 Å². The zero-order valence-corrected chi connectivity index (χ0v) is 15.8. The van der Waals surface area contributed by atoms with Crippen molar-refractivity contribution in [2.24, 2.45) is 7.05 Å². The number of hydrogen-bond acceptors (Lipinski definition) is 5. The van der Waals surface area contributed by atoms with Crippen molar-refractivity contribution >= 4 is 29.0 Å². The molecule has 1 heterocycles. The molecule has 3 aromatic rings. The van der Waals surface area contributed by atoms with Crippen LogP contribution in [0.4, 0.5) is 11.4 Å². The highest BCUT2D eigenvalue weighted by molar-refractivity contribution is 7.99. The maximum atomic E-state index is 12.3. The topological polar surface area (TPSA) is 85.8 Å². The Labute approximate surface area is 156 Å². The summed E-state index contributed by atoms with van der Waals surface area (Å²) in [6.07, 6.45) is 0. The van der Waals surface area contributed by atoms with E-state index in [9.17, 15) is 4.79 Å². The van der Waals surface area contributed by atoms with Gasteiger partial charge in [-0.1, -0.05) is 30.0 Å². The number of nitrogens with zero attached hydrogens (tertiary/aromatic N) is 3. The van der Waals surface area contributed by atoms with Crippen molar-refractivity contribution in [3.05, 3.63) is 53.6 Å². The number of nitrogen functional groups attached to an aromatic ring is 1. The minimum Gasteiger partial charge on any atom is -0.399 e. The summed E-state index contributed by atoms with van der Waals surface area (Å²) in [7, 11) is 1.89. The lowest BCUT2D eigenvalue weighted by atomic mass is 10.1. The van der Waals surface area contributed by atoms with E-state index in [0.717, 1.165) is 28.2 Å². The first-order valence-electron chi connectivity index (χ1n) is 8.20. The third kappa shape index (κ3) is 3.88. The molecule has 0 saturated heterocycles. The van der Waals surface area contributed by atoms with Gasteiger partial charge in [0.1, 0.15) is 0 Å². The third-order valence-electron chi connectivity index (χ3n) is 4.08. The van der Waals surface area contributed by atoms with E-state index in [4.69, 9.17) is 5.73 Å². The van der Waals surface area contributed by atoms with Crippen LogP contribution >= 0.6 is 11.8 Å². The van der Waals surface area contributed by atoms with E-state index in [1.165, 1.54) is 11.8 Å². The number of aryl methyl sites for hydroxylation is 2. The normalized spacial score (nSPS) is 10.7. The minimum absolute atomic E-state index is 0.0653. The first-order chi connectivity index (χ1) is 12.5. The van der Waals surface area contributed by atoms with Gasteiger partial charge in [-0.05, 0) is 49.2 Å². The molecule has 26 heavy (non-hydrogen) atoms. The van der Waals surface area contributed by atoms with Crippen molar-refractivity contribution in [3.8, 4) is 11.4 Å². The molecule has 1 amide bonds. The maximum Gasteiger partial charge on any atom is 0.234 e. The Bertz CT molecular complexity index is 913. The van der Waals surface area contributed by atoms with E-state index in [-0.39, 0.29) is 11.7 Å². The number of para-hydroxylation sites is 1. The largest absolute Gasteiger partial charge is 0.399 e. The van der Waals surface area contributed by atoms with E-state index >= 15 is 0 Å². The molecule has 1 aromatic heterocycles. The van der Waals surface area contributed by atoms with Crippen molar-refractivity contribution in [1.82, 2.24) is 14.8 Å². The molecule has 3 N–H and O–H groups in total. The lowest BCUT2D eigenvalue weighted by molar-refractivity contribution is -0.113. The van der Waals surface area contributed by atoms with Crippen LogP contribution in [0.2, 0.25) is 0 Å². The van der Waals surface area contributed by atoms with Crippen LogP contribution in [0, 0.1) is 13.8 Å². The average Bonchev–Trinajstić information content (AvgIpc) is 2.98. The van der Waals surface area contributed by atoms with Crippen molar-refractivity contribution in [1.29, 1.82) is 0 Å². The highest BCUT2D eigenvalue weighted by atomic mass is 32.2. The molecule has 0 spiro atoms. The van der Waals surface area contributed by atoms with Crippen LogP contribution in [0.3, 0.4) is 0 Å². The Hall–Kier alpha value is -2.80. The maximum absolute atomic E-state index is 12.3. The Morgan fingerprint density at radius 1 is 1.12 bits per heavy atom. The van der Waals surface area contributed by atoms with Gasteiger partial charge in [0.05, 0.1) is 5.75 Å². The van der Waals surface area contributed by atoms with E-state index in [1.54, 1.807) is 0 Å². The summed E-state index contributed by atoms with van der Waals surface area (Å²) < 4.78 is 1.88. The molecular formula is C19H21N5OS. The van der Waals surface area contributed by atoms with Crippen molar-refractivity contribution < 1.29 is 4.79 Å². The van der Waals surface area contributed by atoms with E-state index < -0.39 is 0 Å². The number of hydrogen-bond donors (Lipinski definition) is 2. The predicted octanol–water partition coefficient (Wildman–Crippen LogP) is 3.41. The fraction of sp³-hybridized carbons (Fsp3) is 0.211. The number of rotatable bonds is 5. The quantitative estimate of drug-likeness (QED) is 0.533. The van der Waals surface area contributed by atoms with Gasteiger partial charge in [0.2, 0.25) is 5.91 Å². The molecule has 7 heteroatoms. The van der Waals surface area contributed by atoms with Crippen LogP contribution in [0.25, 0.3) is 11.4 Å². The molecule has 0 aliphatic rings. The Morgan fingerprint density at radius 3 is 2.42 bits per heavy atom. The van der Waals surface area contributed by atoms with Gasteiger partial charge in [-0.3, -0.25) is 4.79 Å². The highest BCUT2D eigenvalue weighted by Gasteiger charge is 2.14. The molecule has 0 aliphatic carbocycles. The SMILES string of the molecule is Cc1cccc(C)c1NC(=O)CSc1nnc(-c2ccc(N)cc2)n1C. The molecule has 134 valence electrons. The van der Waals surface area contributed by atoms with Crippen LogP contribution in [0.5, 0.6) is 0 Å². The van der Waals surface area contributed by atoms with Crippen LogP contribution in [0.1, 0.15) is 11.1 Å². The number of aromatic nitrogens is 3. The molecule has 3 rings (SSSR count). The van der Waals surface area contributed by atoms with E-state index in [0.29, 0.717) is 10.8 Å². The summed E-state index contributed by atoms with van der Waals surface area (Å²) in [5.74, 6) is 0.939. The van der Waals surface area contributed by atoms with Gasteiger partial charge < -0.3 is 15.6 Å². The van der Waals surface area contributed by atoms with Crippen LogP contribution in [-0.2, 0) is 11.8 Å². The number of thioether (sulfide) groups is 1. The van der Waals surface area contributed by atoms with Crippen molar-refractivity contribution in [2.45, 2.75) is 19.0 Å². The Kier molecular flexibility index (Phi) is 5.27. The minimum atomic E-state index is -0.0653. The standard InChI is InChI=1S/C19H21N5OS/c1-12-5-4-6-13(2)17(12)21-16(25)11-26-19-23-22-18(24(19)3)14-7-9-15(20)10-8-14/h4-10H,11,20H2,1-3H3,(H,21,25). The van der Waals surface area contributed by atoms with Crippen molar-refractivity contribution in [2.75, 3.05) is 16.8 Å². The van der Waals surface area contributed by atoms with Crippen molar-refractivity contribution in [3.63, 3.8) is 0 Å². The number of nitrogens with one attached hydrogen (secondary N) is 1. The monoisotopic (exact) mass is 367 g/mol. The average molecular weight is 367 g/mol. The number of carbonyl (C=O) groups excluding carboxylic acids is 1. The smallest absolute Gasteiger partial charge is 0.234 e. The lowest BCUT2D eigenvalue weighted by Gasteiger charge is -2.11. The van der Waals surface area contributed by atoms with Crippen LogP contribution < -0.4 is 11.1 Å². The first kappa shape index (κ1) is 18.0. The lowest BCUT2D eigenvalue weighted by Crippen LogP contribution is -2.16. The van der Waals surface area contributed by atoms with E-state index in [1.807, 2.05) is 67.9 Å². The Balaban J connectivity index is 1.67. The second kappa shape index (κ2) is 7.61. The predicted molar refractivity (Wildman–Crippen MR) is 106 cm³/mol. The molecule has 2 aromatic carbocycles. The van der Waals surface area contributed by atoms with Gasteiger partial charge in [-0.2, -0.15) is 0 Å². The fourth-order valence-electron chi connectivity index (χ4n) is 2.64. The molecule has 0 atom stereocenters. The number of nitrogens with two attached hydrogens (primary N) is 1. The van der Waals surface area contributed by atoms with Gasteiger partial charge >= 0.3 is 0 Å². The summed E-state index contributed by atoms with van der Waals surface area (Å²) >= 11 is 1.36. The fourth-order valence-corrected chi connectivity index (χ4v) is 3.35. The third-order valence-corrected chi connectivity index (χ3v) is 5.10. The zero-order valence-electron chi connectivity index (χ0n) is 15.0. The first-order valence-corrected chi connectivity index (χ1v) is 9.18. The van der Waals surface area contributed by atoms with Gasteiger partial charge in [0.25, 0.3) is 0 Å². The second-order valence-corrected chi connectivity index (χ2v) is 7.03. The number of benzene rings is 2. The highest BCUT2D eigenvalue weighted by Crippen LogP contribution is 2.24. The molecular weight excluding hydrogens is 346 g/mol. The Morgan fingerprint density at radius 2 is 1.77 bits per heavy atom. The molecule has 0 bridgehead atoms. The molecule has 0 aliphatic heterocycles. The zero-order chi connectivity index (χ0) is 18.7. The number of amides is 1. The van der Waals surface area contributed by atoms with Gasteiger partial charge in [0.15, 0.2) is 11.0 Å². The number of anilines is 2. The van der Waals surface area contributed by atoms with Gasteiger partial charge in [0, 0.05) is 24.0 Å². The van der Waals surface area contributed by atoms with E-state index in [2.05, 4.69) is 15.5 Å². The van der Waals surface area contributed by atoms with Crippen LogP contribution in [0.15, 0.2) is 47.6 Å². The summed E-state index contributed by atoms with van der Waals surface area (Å²) in [6, 6.07) is 13.4. The molecule has 0 fully saturated rings. The molecule has 0 radical (unpaired) electrons. The summed E-state index contributed by atoms with van der Waals surface area (Å²) in [4.78, 5) is 12.3. The summed E-state index contributed by atoms with van der Waals surface area (Å²) in [6.45, 7) is 3.97. The molecule has 0 unspecified atom stereocenters. The number of carbonyl (C=O) groups is 1. The summed E-state index contributed by atoms with van der Waals surface area (Å²) in [5, 5.41) is 12.1. The molecule has 0 saturated carbocycles.